The quantitative estimate of drug-likeness (QED) is 0.686. The van der Waals surface area contributed by atoms with Crippen LogP contribution >= 0.6 is 11.3 Å². The van der Waals surface area contributed by atoms with E-state index >= 15 is 0 Å². The highest BCUT2D eigenvalue weighted by atomic mass is 32.1. The summed E-state index contributed by atoms with van der Waals surface area (Å²) in [5.41, 5.74) is 3.42. The summed E-state index contributed by atoms with van der Waals surface area (Å²) in [5.74, 6) is 1.15. The lowest BCUT2D eigenvalue weighted by Crippen LogP contribution is -2.40. The summed E-state index contributed by atoms with van der Waals surface area (Å²) in [4.78, 5) is 16.4. The molecule has 6 heteroatoms. The Morgan fingerprint density at radius 2 is 1.90 bits per heavy atom. The monoisotopic (exact) mass is 409 g/mol. The van der Waals surface area contributed by atoms with Gasteiger partial charge in [-0.2, -0.15) is 0 Å². The number of thiophene rings is 1. The molecule has 1 unspecified atom stereocenters. The number of methoxy groups -OCH3 is 2. The maximum Gasteiger partial charge on any atom is 0.258 e. The lowest BCUT2D eigenvalue weighted by Gasteiger charge is -2.37. The lowest BCUT2D eigenvalue weighted by molar-refractivity contribution is 0.0693. The van der Waals surface area contributed by atoms with Crippen molar-refractivity contribution in [1.29, 1.82) is 0 Å². The van der Waals surface area contributed by atoms with Crippen molar-refractivity contribution in [2.24, 2.45) is 0 Å². The van der Waals surface area contributed by atoms with Gasteiger partial charge in [-0.3, -0.25) is 4.79 Å². The smallest absolute Gasteiger partial charge is 0.258 e. The van der Waals surface area contributed by atoms with E-state index < -0.39 is 0 Å². The van der Waals surface area contributed by atoms with E-state index in [2.05, 4.69) is 0 Å². The van der Waals surface area contributed by atoms with Crippen LogP contribution in [0.1, 0.15) is 38.0 Å². The fourth-order valence-corrected chi connectivity index (χ4v) is 4.75. The molecule has 5 nitrogen and oxygen atoms in total. The molecule has 0 fully saturated rings. The van der Waals surface area contributed by atoms with Gasteiger partial charge in [0.2, 0.25) is 0 Å². The molecule has 2 aromatic carbocycles. The van der Waals surface area contributed by atoms with Crippen LogP contribution in [0.15, 0.2) is 47.8 Å². The third-order valence-electron chi connectivity index (χ3n) is 5.33. The van der Waals surface area contributed by atoms with Crippen molar-refractivity contribution < 1.29 is 19.4 Å². The van der Waals surface area contributed by atoms with Crippen LogP contribution in [0.3, 0.4) is 0 Å². The molecule has 0 saturated heterocycles. The highest BCUT2D eigenvalue weighted by Gasteiger charge is 2.35. The topological polar surface area (TPSA) is 59.0 Å². The second-order valence-corrected chi connectivity index (χ2v) is 8.07. The minimum atomic E-state index is -0.244. The fraction of sp³-hybridized carbons (Fsp3) is 0.261. The number of aromatic hydroxyl groups is 1. The van der Waals surface area contributed by atoms with Gasteiger partial charge in [-0.1, -0.05) is 17.7 Å². The normalized spacial score (nSPS) is 15.7. The molecule has 1 amide bonds. The van der Waals surface area contributed by atoms with Crippen LogP contribution in [-0.2, 0) is 6.42 Å². The van der Waals surface area contributed by atoms with Crippen LogP contribution in [0, 0.1) is 6.92 Å². The Hall–Kier alpha value is -2.99. The van der Waals surface area contributed by atoms with Crippen LogP contribution in [0.5, 0.6) is 17.2 Å². The molecule has 1 aromatic heterocycles. The minimum Gasteiger partial charge on any atom is -0.507 e. The average Bonchev–Trinajstić information content (AvgIpc) is 3.27. The van der Waals surface area contributed by atoms with Crippen LogP contribution in [0.2, 0.25) is 0 Å². The standard InChI is InChI=1S/C23H23NO4S/c1-14-6-7-18(25)17(11-14)23(26)24-9-8-15-12-19(27-2)20(28-3)13-16(15)22(24)21-5-4-10-29-21/h4-7,10-13,22,25H,8-9H2,1-3H3. The van der Waals surface area contributed by atoms with Gasteiger partial charge in [0, 0.05) is 11.4 Å². The Morgan fingerprint density at radius 1 is 1.14 bits per heavy atom. The average molecular weight is 410 g/mol. The molecule has 0 radical (unpaired) electrons. The van der Waals surface area contributed by atoms with Crippen LogP contribution in [-0.4, -0.2) is 36.7 Å². The Kier molecular flexibility index (Phi) is 5.20. The van der Waals surface area contributed by atoms with Gasteiger partial charge in [0.05, 0.1) is 25.8 Å². The zero-order valence-corrected chi connectivity index (χ0v) is 17.5. The van der Waals surface area contributed by atoms with E-state index in [1.54, 1.807) is 43.8 Å². The van der Waals surface area contributed by atoms with Gasteiger partial charge in [0.15, 0.2) is 11.5 Å². The Balaban J connectivity index is 1.84. The van der Waals surface area contributed by atoms with E-state index in [1.165, 1.54) is 0 Å². The molecule has 1 aliphatic rings. The predicted octanol–water partition coefficient (Wildman–Crippen LogP) is 4.57. The van der Waals surface area contributed by atoms with Crippen molar-refractivity contribution in [2.45, 2.75) is 19.4 Å². The number of hydrogen-bond donors (Lipinski definition) is 1. The number of carbonyl (C=O) groups is 1. The number of phenols is 1. The molecule has 3 aromatic rings. The Bertz CT molecular complexity index is 1050. The summed E-state index contributed by atoms with van der Waals surface area (Å²) in [6, 6.07) is 12.9. The maximum atomic E-state index is 13.5. The van der Waals surface area contributed by atoms with Crippen LogP contribution in [0.25, 0.3) is 0 Å². The largest absolute Gasteiger partial charge is 0.507 e. The highest BCUT2D eigenvalue weighted by molar-refractivity contribution is 7.10. The zero-order valence-electron chi connectivity index (χ0n) is 16.6. The molecule has 1 aliphatic heterocycles. The summed E-state index contributed by atoms with van der Waals surface area (Å²) in [7, 11) is 3.24. The van der Waals surface area contributed by atoms with Crippen molar-refractivity contribution in [3.63, 3.8) is 0 Å². The SMILES string of the molecule is COc1cc2c(cc1OC)C(c1cccs1)N(C(=O)c1cc(C)ccc1O)CC2. The summed E-state index contributed by atoms with van der Waals surface area (Å²) in [5, 5.41) is 12.3. The fourth-order valence-electron chi connectivity index (χ4n) is 3.89. The molecule has 150 valence electrons. The van der Waals surface area contributed by atoms with E-state index in [4.69, 9.17) is 9.47 Å². The van der Waals surface area contributed by atoms with E-state index in [1.807, 2.05) is 41.5 Å². The van der Waals surface area contributed by atoms with Gasteiger partial charge in [-0.05, 0) is 60.2 Å². The van der Waals surface area contributed by atoms with Crippen LogP contribution < -0.4 is 9.47 Å². The number of ether oxygens (including phenoxy) is 2. The predicted molar refractivity (Wildman–Crippen MR) is 113 cm³/mol. The first kappa shape index (κ1) is 19.3. The summed E-state index contributed by atoms with van der Waals surface area (Å²) in [6.07, 6.45) is 0.704. The second kappa shape index (κ2) is 7.79. The number of fused-ring (bicyclic) bond motifs is 1. The van der Waals surface area contributed by atoms with Gasteiger partial charge in [0.1, 0.15) is 5.75 Å². The maximum absolute atomic E-state index is 13.5. The third-order valence-corrected chi connectivity index (χ3v) is 6.25. The first-order chi connectivity index (χ1) is 14.0. The molecule has 0 spiro atoms. The van der Waals surface area contributed by atoms with Gasteiger partial charge >= 0.3 is 0 Å². The van der Waals surface area contributed by atoms with E-state index in [-0.39, 0.29) is 17.7 Å². The summed E-state index contributed by atoms with van der Waals surface area (Å²) >= 11 is 1.61. The lowest BCUT2D eigenvalue weighted by atomic mass is 9.90. The van der Waals surface area contributed by atoms with Crippen molar-refractivity contribution in [3.8, 4) is 17.2 Å². The number of amides is 1. The summed E-state index contributed by atoms with van der Waals surface area (Å²) < 4.78 is 11.0. The van der Waals surface area contributed by atoms with Crippen LogP contribution in [0.4, 0.5) is 0 Å². The van der Waals surface area contributed by atoms with E-state index in [0.29, 0.717) is 30.0 Å². The first-order valence-electron chi connectivity index (χ1n) is 9.42. The van der Waals surface area contributed by atoms with Crippen molar-refractivity contribution in [1.82, 2.24) is 4.90 Å². The molecule has 0 aliphatic carbocycles. The number of benzene rings is 2. The molecule has 0 saturated carbocycles. The molecule has 1 N–H and O–H groups in total. The minimum absolute atomic E-state index is 0.00337. The first-order valence-corrected chi connectivity index (χ1v) is 10.3. The number of carbonyl (C=O) groups excluding carboxylic acids is 1. The number of phenolic OH excluding ortho intramolecular Hbond substituents is 1. The molecule has 29 heavy (non-hydrogen) atoms. The van der Waals surface area contributed by atoms with Crippen molar-refractivity contribution in [3.05, 3.63) is 75.0 Å². The van der Waals surface area contributed by atoms with E-state index in [9.17, 15) is 9.90 Å². The highest BCUT2D eigenvalue weighted by Crippen LogP contribution is 2.43. The molecule has 0 bridgehead atoms. The number of hydrogen-bond acceptors (Lipinski definition) is 5. The summed E-state index contributed by atoms with van der Waals surface area (Å²) in [6.45, 7) is 2.47. The number of rotatable bonds is 4. The molecule has 4 rings (SSSR count). The Labute approximate surface area is 174 Å². The van der Waals surface area contributed by atoms with E-state index in [0.717, 1.165) is 21.6 Å². The van der Waals surface area contributed by atoms with Crippen molar-refractivity contribution >= 4 is 17.2 Å². The van der Waals surface area contributed by atoms with Gasteiger partial charge in [-0.15, -0.1) is 11.3 Å². The van der Waals surface area contributed by atoms with Gasteiger partial charge < -0.3 is 19.5 Å². The third kappa shape index (κ3) is 3.44. The number of nitrogens with zero attached hydrogens (tertiary/aromatic N) is 1. The van der Waals surface area contributed by atoms with Gasteiger partial charge in [-0.25, -0.2) is 0 Å². The molecular weight excluding hydrogens is 386 g/mol. The van der Waals surface area contributed by atoms with Crippen molar-refractivity contribution in [2.75, 3.05) is 20.8 Å². The number of aryl methyl sites for hydroxylation is 1. The molecule has 1 atom stereocenters. The zero-order chi connectivity index (χ0) is 20.5. The molecular formula is C23H23NO4S. The second-order valence-electron chi connectivity index (χ2n) is 7.09. The molecule has 2 heterocycles. The Morgan fingerprint density at radius 3 is 2.59 bits per heavy atom. The van der Waals surface area contributed by atoms with Gasteiger partial charge in [0.25, 0.3) is 5.91 Å².